The maximum Gasteiger partial charge on any atom is 0.270 e. The van der Waals surface area contributed by atoms with Crippen LogP contribution in [0, 0.1) is 24.0 Å². The van der Waals surface area contributed by atoms with Crippen LogP contribution in [-0.4, -0.2) is 30.4 Å². The number of H-pyrrole nitrogens is 4. The SMILES string of the molecule is Cc1[nH][nH]c(=O)c1C(c1cc([N+](=O)[O-])ccc1O)c1c(C)[nH][nH]c1=O. The van der Waals surface area contributed by atoms with Gasteiger partial charge in [-0.3, -0.25) is 29.9 Å². The van der Waals surface area contributed by atoms with Gasteiger partial charge in [-0.15, -0.1) is 0 Å². The Bertz CT molecular complexity index is 1020. The molecule has 0 aliphatic rings. The lowest BCUT2D eigenvalue weighted by Crippen LogP contribution is -2.20. The smallest absolute Gasteiger partial charge is 0.270 e. The van der Waals surface area contributed by atoms with Crippen LogP contribution in [0.3, 0.4) is 0 Å². The first-order chi connectivity index (χ1) is 11.8. The van der Waals surface area contributed by atoms with Gasteiger partial charge < -0.3 is 15.3 Å². The summed E-state index contributed by atoms with van der Waals surface area (Å²) < 4.78 is 0. The molecule has 0 aliphatic carbocycles. The number of aryl methyl sites for hydroxylation is 2. The second-order valence-corrected chi connectivity index (χ2v) is 5.67. The van der Waals surface area contributed by atoms with Crippen molar-refractivity contribution < 1.29 is 10.0 Å². The Kier molecular flexibility index (Phi) is 3.79. The van der Waals surface area contributed by atoms with Crippen molar-refractivity contribution in [1.82, 2.24) is 20.4 Å². The number of nitrogens with one attached hydrogen (secondary N) is 4. The minimum absolute atomic E-state index is 0.0931. The molecule has 0 unspecified atom stereocenters. The van der Waals surface area contributed by atoms with Crippen molar-refractivity contribution in [3.05, 3.63) is 77.1 Å². The van der Waals surface area contributed by atoms with Crippen LogP contribution in [0.25, 0.3) is 0 Å². The number of aromatic hydroxyl groups is 1. The molecule has 3 rings (SSSR count). The molecule has 1 aromatic carbocycles. The van der Waals surface area contributed by atoms with Gasteiger partial charge in [-0.05, 0) is 19.9 Å². The summed E-state index contributed by atoms with van der Waals surface area (Å²) in [5.41, 5.74) is 0.194. The normalized spacial score (nSPS) is 11.2. The van der Waals surface area contributed by atoms with Gasteiger partial charge in [0, 0.05) is 29.1 Å². The highest BCUT2D eigenvalue weighted by atomic mass is 16.6. The van der Waals surface area contributed by atoms with Crippen LogP contribution in [0.5, 0.6) is 5.75 Å². The van der Waals surface area contributed by atoms with Crippen LogP contribution in [-0.2, 0) is 0 Å². The first-order valence-corrected chi connectivity index (χ1v) is 7.32. The van der Waals surface area contributed by atoms with Gasteiger partial charge in [0.1, 0.15) is 5.75 Å². The first kappa shape index (κ1) is 16.3. The molecule has 0 spiro atoms. The monoisotopic (exact) mass is 345 g/mol. The number of phenolic OH excluding ortho intramolecular Hbond substituents is 1. The van der Waals surface area contributed by atoms with Crippen LogP contribution >= 0.6 is 0 Å². The molecule has 0 atom stereocenters. The van der Waals surface area contributed by atoms with E-state index in [0.29, 0.717) is 11.4 Å². The summed E-state index contributed by atoms with van der Waals surface area (Å²) in [7, 11) is 0. The summed E-state index contributed by atoms with van der Waals surface area (Å²) >= 11 is 0. The zero-order chi connectivity index (χ0) is 18.3. The fraction of sp³-hybridized carbons (Fsp3) is 0.200. The van der Waals surface area contributed by atoms with E-state index in [2.05, 4.69) is 20.4 Å². The topological polar surface area (TPSA) is 161 Å². The maximum atomic E-state index is 12.3. The number of nitrogens with zero attached hydrogens (tertiary/aromatic N) is 1. The summed E-state index contributed by atoms with van der Waals surface area (Å²) in [5, 5.41) is 31.6. The third kappa shape index (κ3) is 2.63. The third-order valence-electron chi connectivity index (χ3n) is 4.13. The lowest BCUT2D eigenvalue weighted by atomic mass is 9.84. The zero-order valence-corrected chi connectivity index (χ0v) is 13.3. The Morgan fingerprint density at radius 1 is 1.00 bits per heavy atom. The third-order valence-corrected chi connectivity index (χ3v) is 4.13. The Balaban J connectivity index is 2.38. The largest absolute Gasteiger partial charge is 0.508 e. The molecule has 0 amide bonds. The molecule has 0 fully saturated rings. The van der Waals surface area contributed by atoms with Gasteiger partial charge in [-0.1, -0.05) is 0 Å². The molecule has 5 N–H and O–H groups in total. The molecule has 0 bridgehead atoms. The zero-order valence-electron chi connectivity index (χ0n) is 13.3. The molecule has 0 saturated heterocycles. The van der Waals surface area contributed by atoms with Crippen molar-refractivity contribution in [3.8, 4) is 5.75 Å². The summed E-state index contributed by atoms with van der Waals surface area (Å²) in [6.45, 7) is 3.26. The van der Waals surface area contributed by atoms with Gasteiger partial charge in [0.25, 0.3) is 16.8 Å². The molecule has 0 aliphatic heterocycles. The standard InChI is InChI=1S/C15H15N5O5/c1-6-11(14(22)18-16-6)13(12-7(2)17-19-15(12)23)9-5-8(20(24)25)3-4-10(9)21/h3-5,13,21H,1-2H3,(H2,16,18,22)(H2,17,19,23). The minimum Gasteiger partial charge on any atom is -0.508 e. The molecular formula is C15H15N5O5. The lowest BCUT2D eigenvalue weighted by Gasteiger charge is -2.17. The van der Waals surface area contributed by atoms with Crippen LogP contribution in [0.4, 0.5) is 5.69 Å². The molecular weight excluding hydrogens is 330 g/mol. The van der Waals surface area contributed by atoms with Crippen LogP contribution < -0.4 is 11.1 Å². The number of hydrogen-bond donors (Lipinski definition) is 5. The van der Waals surface area contributed by atoms with E-state index in [1.165, 1.54) is 6.07 Å². The fourth-order valence-corrected chi connectivity index (χ4v) is 2.95. The van der Waals surface area contributed by atoms with Crippen LogP contribution in [0.2, 0.25) is 0 Å². The van der Waals surface area contributed by atoms with Gasteiger partial charge in [0.05, 0.1) is 22.0 Å². The molecule has 10 nitrogen and oxygen atoms in total. The number of hydrogen-bond acceptors (Lipinski definition) is 5. The van der Waals surface area contributed by atoms with Crippen molar-refractivity contribution >= 4 is 5.69 Å². The summed E-state index contributed by atoms with van der Waals surface area (Å²) in [4.78, 5) is 35.1. The minimum atomic E-state index is -0.982. The van der Waals surface area contributed by atoms with Crippen molar-refractivity contribution in [2.24, 2.45) is 0 Å². The van der Waals surface area contributed by atoms with E-state index in [-0.39, 0.29) is 28.1 Å². The van der Waals surface area contributed by atoms with Gasteiger partial charge in [-0.25, -0.2) is 0 Å². The first-order valence-electron chi connectivity index (χ1n) is 7.32. The van der Waals surface area contributed by atoms with Crippen molar-refractivity contribution in [2.45, 2.75) is 19.8 Å². The van der Waals surface area contributed by atoms with Gasteiger partial charge in [0.15, 0.2) is 0 Å². The van der Waals surface area contributed by atoms with Gasteiger partial charge >= 0.3 is 0 Å². The summed E-state index contributed by atoms with van der Waals surface area (Å²) in [6, 6.07) is 3.49. The molecule has 25 heavy (non-hydrogen) atoms. The quantitative estimate of drug-likeness (QED) is 0.353. The molecule has 0 saturated carbocycles. The number of non-ortho nitro benzene ring substituents is 1. The predicted molar refractivity (Wildman–Crippen MR) is 88.0 cm³/mol. The van der Waals surface area contributed by atoms with E-state index >= 15 is 0 Å². The molecule has 3 aromatic rings. The second kappa shape index (κ2) is 5.82. The number of rotatable bonds is 4. The number of benzene rings is 1. The molecule has 2 heterocycles. The van der Waals surface area contributed by atoms with E-state index in [1.807, 2.05) is 0 Å². The van der Waals surface area contributed by atoms with Gasteiger partial charge in [0.2, 0.25) is 0 Å². The number of nitro groups is 1. The highest BCUT2D eigenvalue weighted by Crippen LogP contribution is 2.37. The van der Waals surface area contributed by atoms with E-state index in [1.54, 1.807) is 13.8 Å². The van der Waals surface area contributed by atoms with Crippen LogP contribution in [0.1, 0.15) is 34.0 Å². The Morgan fingerprint density at radius 2 is 1.52 bits per heavy atom. The summed E-state index contributed by atoms with van der Waals surface area (Å²) in [5.74, 6) is -1.24. The number of aromatic nitrogens is 4. The van der Waals surface area contributed by atoms with E-state index in [0.717, 1.165) is 12.1 Å². The number of nitro benzene ring substituents is 1. The number of phenols is 1. The van der Waals surface area contributed by atoms with Crippen LogP contribution in [0.15, 0.2) is 27.8 Å². The summed E-state index contributed by atoms with van der Waals surface area (Å²) in [6.07, 6.45) is 0. The van der Waals surface area contributed by atoms with E-state index in [4.69, 9.17) is 0 Å². The van der Waals surface area contributed by atoms with Crippen molar-refractivity contribution in [3.63, 3.8) is 0 Å². The maximum absolute atomic E-state index is 12.3. The number of aromatic amines is 4. The Labute approximate surface area is 139 Å². The van der Waals surface area contributed by atoms with E-state index in [9.17, 15) is 24.8 Å². The predicted octanol–water partition coefficient (Wildman–Crippen LogP) is 1.13. The highest BCUT2D eigenvalue weighted by molar-refractivity contribution is 5.53. The Hall–Kier alpha value is -3.56. The fourth-order valence-electron chi connectivity index (χ4n) is 2.95. The van der Waals surface area contributed by atoms with Crippen molar-refractivity contribution in [2.75, 3.05) is 0 Å². The molecule has 0 radical (unpaired) electrons. The van der Waals surface area contributed by atoms with Crippen molar-refractivity contribution in [1.29, 1.82) is 0 Å². The van der Waals surface area contributed by atoms with E-state index < -0.39 is 22.0 Å². The average molecular weight is 345 g/mol. The Morgan fingerprint density at radius 3 is 1.92 bits per heavy atom. The molecule has 2 aromatic heterocycles. The molecule has 130 valence electrons. The highest BCUT2D eigenvalue weighted by Gasteiger charge is 2.31. The average Bonchev–Trinajstić information content (AvgIpc) is 3.06. The van der Waals surface area contributed by atoms with Gasteiger partial charge in [-0.2, -0.15) is 0 Å². The second-order valence-electron chi connectivity index (χ2n) is 5.67. The lowest BCUT2D eigenvalue weighted by molar-refractivity contribution is -0.384. The molecule has 10 heteroatoms.